The molecule has 2 unspecified atom stereocenters. The van der Waals surface area contributed by atoms with Crippen LogP contribution in [0.15, 0.2) is 18.3 Å². The monoisotopic (exact) mass is 244 g/mol. The lowest BCUT2D eigenvalue weighted by molar-refractivity contribution is -0.137. The van der Waals surface area contributed by atoms with Crippen molar-refractivity contribution in [2.45, 2.75) is 38.4 Å². The first-order chi connectivity index (χ1) is 7.95. The van der Waals surface area contributed by atoms with Crippen LogP contribution in [0.4, 0.5) is 19.0 Å². The van der Waals surface area contributed by atoms with Gasteiger partial charge < -0.3 is 5.32 Å². The fourth-order valence-corrected chi connectivity index (χ4v) is 2.23. The lowest BCUT2D eigenvalue weighted by atomic mass is 10.1. The summed E-state index contributed by atoms with van der Waals surface area (Å²) in [7, 11) is 0. The highest BCUT2D eigenvalue weighted by Gasteiger charge is 2.31. The van der Waals surface area contributed by atoms with Crippen LogP contribution in [-0.2, 0) is 6.18 Å². The average molecular weight is 244 g/mol. The highest BCUT2D eigenvalue weighted by atomic mass is 19.4. The maximum absolute atomic E-state index is 12.5. The van der Waals surface area contributed by atoms with Gasteiger partial charge in [0.1, 0.15) is 5.82 Å². The molecule has 1 aliphatic rings. The molecular weight excluding hydrogens is 229 g/mol. The van der Waals surface area contributed by atoms with Crippen LogP contribution in [-0.4, -0.2) is 11.0 Å². The minimum Gasteiger partial charge on any atom is -0.367 e. The van der Waals surface area contributed by atoms with E-state index in [1.54, 1.807) is 0 Å². The molecule has 0 saturated heterocycles. The molecule has 94 valence electrons. The smallest absolute Gasteiger partial charge is 0.367 e. The zero-order chi connectivity index (χ0) is 12.5. The normalized spacial score (nSPS) is 24.9. The van der Waals surface area contributed by atoms with Gasteiger partial charge in [-0.3, -0.25) is 0 Å². The van der Waals surface area contributed by atoms with Gasteiger partial charge in [0, 0.05) is 12.2 Å². The summed E-state index contributed by atoms with van der Waals surface area (Å²) in [4.78, 5) is 3.93. The lowest BCUT2D eigenvalue weighted by Gasteiger charge is -2.14. The van der Waals surface area contributed by atoms with Crippen molar-refractivity contribution in [1.82, 2.24) is 4.98 Å². The zero-order valence-electron chi connectivity index (χ0n) is 9.59. The van der Waals surface area contributed by atoms with Crippen LogP contribution in [0.2, 0.25) is 0 Å². The zero-order valence-corrected chi connectivity index (χ0v) is 9.59. The number of halogens is 3. The standard InChI is InChI=1S/C12H15F3N2/c1-8-2-3-10(6-8)17-11-7-9(4-5-16-11)12(13,14)15/h4-5,7-8,10H,2-3,6H2,1H3,(H,16,17). The number of nitrogens with one attached hydrogen (secondary N) is 1. The van der Waals surface area contributed by atoms with Crippen LogP contribution in [0, 0.1) is 5.92 Å². The number of rotatable bonds is 2. The van der Waals surface area contributed by atoms with Crippen molar-refractivity contribution in [2.24, 2.45) is 5.92 Å². The Morgan fingerprint density at radius 3 is 2.71 bits per heavy atom. The number of hydrogen-bond donors (Lipinski definition) is 1. The number of anilines is 1. The molecule has 2 rings (SSSR count). The largest absolute Gasteiger partial charge is 0.416 e. The summed E-state index contributed by atoms with van der Waals surface area (Å²) in [6.45, 7) is 2.15. The predicted octanol–water partition coefficient (Wildman–Crippen LogP) is 3.70. The first kappa shape index (κ1) is 12.2. The Labute approximate surface area is 98.2 Å². The summed E-state index contributed by atoms with van der Waals surface area (Å²) in [5, 5.41) is 3.07. The fourth-order valence-electron chi connectivity index (χ4n) is 2.23. The van der Waals surface area contributed by atoms with Gasteiger partial charge in [-0.25, -0.2) is 4.98 Å². The predicted molar refractivity (Wildman–Crippen MR) is 59.7 cm³/mol. The molecule has 1 heterocycles. The molecule has 0 aliphatic heterocycles. The molecule has 0 bridgehead atoms. The maximum atomic E-state index is 12.5. The van der Waals surface area contributed by atoms with Gasteiger partial charge in [0.25, 0.3) is 0 Å². The van der Waals surface area contributed by atoms with E-state index in [9.17, 15) is 13.2 Å². The Morgan fingerprint density at radius 1 is 1.35 bits per heavy atom. The summed E-state index contributed by atoms with van der Waals surface area (Å²) in [5.41, 5.74) is -0.652. The fraction of sp³-hybridized carbons (Fsp3) is 0.583. The molecule has 1 N–H and O–H groups in total. The second kappa shape index (κ2) is 4.55. The molecule has 2 nitrogen and oxygen atoms in total. The number of alkyl halides is 3. The van der Waals surface area contributed by atoms with Gasteiger partial charge in [0.15, 0.2) is 0 Å². The van der Waals surface area contributed by atoms with Gasteiger partial charge in [0.2, 0.25) is 0 Å². The molecule has 0 radical (unpaired) electrons. The highest BCUT2D eigenvalue weighted by molar-refractivity contribution is 5.39. The van der Waals surface area contributed by atoms with Crippen LogP contribution >= 0.6 is 0 Å². The Morgan fingerprint density at radius 2 is 2.12 bits per heavy atom. The van der Waals surface area contributed by atoms with Crippen molar-refractivity contribution in [3.8, 4) is 0 Å². The molecule has 0 amide bonds. The number of aromatic nitrogens is 1. The minimum absolute atomic E-state index is 0.251. The van der Waals surface area contributed by atoms with E-state index in [-0.39, 0.29) is 6.04 Å². The summed E-state index contributed by atoms with van der Waals surface area (Å²) < 4.78 is 37.5. The van der Waals surface area contributed by atoms with Crippen molar-refractivity contribution in [3.63, 3.8) is 0 Å². The number of nitrogens with zero attached hydrogens (tertiary/aromatic N) is 1. The third-order valence-electron chi connectivity index (χ3n) is 3.13. The molecule has 2 atom stereocenters. The summed E-state index contributed by atoms with van der Waals surface area (Å²) in [5.74, 6) is 0.956. The van der Waals surface area contributed by atoms with Crippen LogP contribution in [0.25, 0.3) is 0 Å². The SMILES string of the molecule is CC1CCC(Nc2cc(C(F)(F)F)ccn2)C1. The lowest BCUT2D eigenvalue weighted by Crippen LogP contribution is -2.17. The topological polar surface area (TPSA) is 24.9 Å². The Bertz CT molecular complexity index is 390. The van der Waals surface area contributed by atoms with Crippen LogP contribution in [0.5, 0.6) is 0 Å². The van der Waals surface area contributed by atoms with Gasteiger partial charge in [-0.05, 0) is 37.3 Å². The average Bonchev–Trinajstić information content (AvgIpc) is 2.63. The van der Waals surface area contributed by atoms with Gasteiger partial charge in [-0.15, -0.1) is 0 Å². The molecule has 5 heteroatoms. The molecule has 1 aliphatic carbocycles. The van der Waals surface area contributed by atoms with Crippen molar-refractivity contribution in [1.29, 1.82) is 0 Å². The van der Waals surface area contributed by atoms with Gasteiger partial charge in [-0.2, -0.15) is 13.2 Å². The molecular formula is C12H15F3N2. The third kappa shape index (κ3) is 3.11. The van der Waals surface area contributed by atoms with Crippen molar-refractivity contribution in [2.75, 3.05) is 5.32 Å². The minimum atomic E-state index is -4.30. The second-order valence-electron chi connectivity index (χ2n) is 4.69. The molecule has 0 aromatic carbocycles. The molecule has 1 fully saturated rings. The Balaban J connectivity index is 2.06. The molecule has 17 heavy (non-hydrogen) atoms. The van der Waals surface area contributed by atoms with Crippen LogP contribution < -0.4 is 5.32 Å². The third-order valence-corrected chi connectivity index (χ3v) is 3.13. The van der Waals surface area contributed by atoms with Gasteiger partial charge >= 0.3 is 6.18 Å². The number of hydrogen-bond acceptors (Lipinski definition) is 2. The Hall–Kier alpha value is -1.26. The van der Waals surface area contributed by atoms with E-state index in [1.807, 2.05) is 0 Å². The van der Waals surface area contributed by atoms with Crippen molar-refractivity contribution in [3.05, 3.63) is 23.9 Å². The van der Waals surface area contributed by atoms with E-state index < -0.39 is 11.7 Å². The summed E-state index contributed by atoms with van der Waals surface area (Å²) >= 11 is 0. The first-order valence-electron chi connectivity index (χ1n) is 5.75. The van der Waals surface area contributed by atoms with Crippen molar-refractivity contribution >= 4 is 5.82 Å². The molecule has 0 spiro atoms. The van der Waals surface area contributed by atoms with E-state index in [4.69, 9.17) is 0 Å². The Kier molecular flexibility index (Phi) is 3.26. The van der Waals surface area contributed by atoms with E-state index >= 15 is 0 Å². The summed E-state index contributed by atoms with van der Waals surface area (Å²) in [6, 6.07) is 2.31. The molecule has 1 aromatic rings. The van der Waals surface area contributed by atoms with Crippen LogP contribution in [0.1, 0.15) is 31.7 Å². The van der Waals surface area contributed by atoms with Crippen LogP contribution in [0.3, 0.4) is 0 Å². The van der Waals surface area contributed by atoms with E-state index in [0.29, 0.717) is 11.7 Å². The quantitative estimate of drug-likeness (QED) is 0.858. The first-order valence-corrected chi connectivity index (χ1v) is 5.75. The van der Waals surface area contributed by atoms with Crippen molar-refractivity contribution < 1.29 is 13.2 Å². The summed E-state index contributed by atoms with van der Waals surface area (Å²) in [6.07, 6.45) is 0.0134. The second-order valence-corrected chi connectivity index (χ2v) is 4.69. The molecule has 1 saturated carbocycles. The highest BCUT2D eigenvalue weighted by Crippen LogP contribution is 2.31. The van der Waals surface area contributed by atoms with E-state index in [0.717, 1.165) is 31.4 Å². The number of pyridine rings is 1. The van der Waals surface area contributed by atoms with Gasteiger partial charge in [0.05, 0.1) is 5.56 Å². The molecule has 1 aromatic heterocycles. The maximum Gasteiger partial charge on any atom is 0.416 e. The van der Waals surface area contributed by atoms with E-state index in [1.165, 1.54) is 6.20 Å². The van der Waals surface area contributed by atoms with Gasteiger partial charge in [-0.1, -0.05) is 6.92 Å². The van der Waals surface area contributed by atoms with E-state index in [2.05, 4.69) is 17.2 Å².